The van der Waals surface area contributed by atoms with Crippen LogP contribution in [0, 0.1) is 35.7 Å². The number of rotatable bonds is 4. The Hall–Kier alpha value is -3.67. The lowest BCUT2D eigenvalue weighted by Gasteiger charge is -2.19. The van der Waals surface area contributed by atoms with E-state index in [0.717, 1.165) is 12.1 Å². The number of aryl methyl sites for hydroxylation is 1. The van der Waals surface area contributed by atoms with Gasteiger partial charge in [-0.3, -0.25) is 14.6 Å². The highest BCUT2D eigenvalue weighted by Gasteiger charge is 2.26. The Bertz CT molecular complexity index is 1260. The molecule has 1 aromatic carbocycles. The van der Waals surface area contributed by atoms with Gasteiger partial charge in [-0.05, 0) is 44.5 Å². The van der Waals surface area contributed by atoms with E-state index in [1.54, 1.807) is 6.07 Å². The first kappa shape index (κ1) is 21.0. The summed E-state index contributed by atoms with van der Waals surface area (Å²) in [5.41, 5.74) is -0.412. The Labute approximate surface area is 169 Å². The summed E-state index contributed by atoms with van der Waals surface area (Å²) >= 11 is 0. The summed E-state index contributed by atoms with van der Waals surface area (Å²) in [7, 11) is 0. The van der Waals surface area contributed by atoms with Gasteiger partial charge in [-0.15, -0.1) is 0 Å². The molecule has 0 unspecified atom stereocenters. The van der Waals surface area contributed by atoms with Crippen LogP contribution in [0.25, 0.3) is 10.9 Å². The van der Waals surface area contributed by atoms with Crippen molar-refractivity contribution in [1.82, 2.24) is 15.3 Å². The minimum atomic E-state index is -1.12. The number of halogens is 3. The number of nitrogens with one attached hydrogen (secondary N) is 2. The van der Waals surface area contributed by atoms with Gasteiger partial charge in [0, 0.05) is 17.1 Å². The third-order valence-corrected chi connectivity index (χ3v) is 4.96. The number of hydrogen-bond acceptors (Lipinski definition) is 4. The summed E-state index contributed by atoms with van der Waals surface area (Å²) in [6.45, 7) is 4.37. The molecule has 2 heterocycles. The molecule has 0 radical (unpaired) electrons. The fourth-order valence-electron chi connectivity index (χ4n) is 3.40. The van der Waals surface area contributed by atoms with Crippen LogP contribution in [0.3, 0.4) is 0 Å². The molecule has 154 valence electrons. The zero-order valence-electron chi connectivity index (χ0n) is 16.3. The molecule has 2 N–H and O–H groups in total. The van der Waals surface area contributed by atoms with E-state index in [0.29, 0.717) is 0 Å². The molecule has 0 bridgehead atoms. The molecule has 3 rings (SSSR count). The van der Waals surface area contributed by atoms with Gasteiger partial charge in [0.15, 0.2) is 11.6 Å². The number of amides is 1. The van der Waals surface area contributed by atoms with E-state index in [4.69, 9.17) is 5.26 Å². The number of aromatic amines is 1. The molecule has 2 atom stereocenters. The molecule has 3 aromatic rings. The van der Waals surface area contributed by atoms with E-state index in [1.807, 2.05) is 0 Å². The molecular formula is C21H17F3N4O2. The maximum Gasteiger partial charge on any atom is 0.252 e. The van der Waals surface area contributed by atoms with Crippen LogP contribution in [-0.2, 0) is 4.79 Å². The van der Waals surface area contributed by atoms with E-state index >= 15 is 0 Å². The number of H-pyrrole nitrogens is 1. The van der Waals surface area contributed by atoms with Crippen LogP contribution < -0.4 is 10.9 Å². The topological polar surface area (TPSA) is 98.6 Å². The number of hydrogen-bond donors (Lipinski definition) is 2. The number of fused-ring (bicyclic) bond motifs is 1. The Morgan fingerprint density at radius 1 is 1.23 bits per heavy atom. The average molecular weight is 414 g/mol. The second-order valence-electron chi connectivity index (χ2n) is 6.93. The van der Waals surface area contributed by atoms with Gasteiger partial charge in [0.05, 0.1) is 28.7 Å². The van der Waals surface area contributed by atoms with Crippen molar-refractivity contribution in [2.45, 2.75) is 32.7 Å². The second kappa shape index (κ2) is 7.99. The monoisotopic (exact) mass is 414 g/mol. The van der Waals surface area contributed by atoms with Crippen LogP contribution in [0.1, 0.15) is 48.2 Å². The number of aromatic nitrogens is 2. The van der Waals surface area contributed by atoms with E-state index in [2.05, 4.69) is 15.3 Å². The van der Waals surface area contributed by atoms with Gasteiger partial charge >= 0.3 is 0 Å². The average Bonchev–Trinajstić information content (AvgIpc) is 2.70. The third kappa shape index (κ3) is 3.64. The summed E-state index contributed by atoms with van der Waals surface area (Å²) in [6.07, 6.45) is 1.18. The highest BCUT2D eigenvalue weighted by molar-refractivity contribution is 5.88. The van der Waals surface area contributed by atoms with Gasteiger partial charge in [-0.25, -0.2) is 13.2 Å². The number of nitrogens with zero attached hydrogens (tertiary/aromatic N) is 2. The lowest BCUT2D eigenvalue weighted by molar-refractivity contribution is -0.122. The molecule has 9 heteroatoms. The lowest BCUT2D eigenvalue weighted by Crippen LogP contribution is -2.34. The van der Waals surface area contributed by atoms with Gasteiger partial charge in [0.1, 0.15) is 11.9 Å². The predicted octanol–water partition coefficient (Wildman–Crippen LogP) is 3.50. The molecule has 2 aromatic heterocycles. The molecule has 0 saturated heterocycles. The molecule has 0 aliphatic carbocycles. The van der Waals surface area contributed by atoms with Gasteiger partial charge in [0.2, 0.25) is 5.91 Å². The van der Waals surface area contributed by atoms with Gasteiger partial charge in [-0.2, -0.15) is 5.26 Å². The fourth-order valence-corrected chi connectivity index (χ4v) is 3.40. The Morgan fingerprint density at radius 2 is 1.93 bits per heavy atom. The summed E-state index contributed by atoms with van der Waals surface area (Å²) in [6, 6.07) is 4.06. The van der Waals surface area contributed by atoms with Crippen molar-refractivity contribution in [2.75, 3.05) is 0 Å². The van der Waals surface area contributed by atoms with E-state index in [-0.39, 0.29) is 33.3 Å². The highest BCUT2D eigenvalue weighted by atomic mass is 19.2. The highest BCUT2D eigenvalue weighted by Crippen LogP contribution is 2.27. The van der Waals surface area contributed by atoms with Crippen molar-refractivity contribution in [3.8, 4) is 6.07 Å². The summed E-state index contributed by atoms with van der Waals surface area (Å²) in [5.74, 6) is -4.61. The van der Waals surface area contributed by atoms with Crippen LogP contribution in [0.5, 0.6) is 0 Å². The number of carbonyl (C=O) groups excluding carboxylic acids is 1. The molecule has 0 fully saturated rings. The van der Waals surface area contributed by atoms with Crippen LogP contribution in [0.4, 0.5) is 13.2 Å². The number of benzene rings is 1. The van der Waals surface area contributed by atoms with E-state index < -0.39 is 40.9 Å². The molecular weight excluding hydrogens is 397 g/mol. The molecule has 0 saturated carbocycles. The van der Waals surface area contributed by atoms with Crippen molar-refractivity contribution in [2.24, 2.45) is 0 Å². The Kier molecular flexibility index (Phi) is 5.60. The molecule has 30 heavy (non-hydrogen) atoms. The van der Waals surface area contributed by atoms with Gasteiger partial charge in [-0.1, -0.05) is 0 Å². The Balaban J connectivity index is 1.95. The zero-order valence-corrected chi connectivity index (χ0v) is 16.3. The third-order valence-electron chi connectivity index (χ3n) is 4.96. The van der Waals surface area contributed by atoms with Crippen LogP contribution in [-0.4, -0.2) is 15.9 Å². The minimum absolute atomic E-state index is 0.0232. The molecule has 1 amide bonds. The zero-order chi connectivity index (χ0) is 22.2. The van der Waals surface area contributed by atoms with Gasteiger partial charge in [0.25, 0.3) is 5.56 Å². The first-order chi connectivity index (χ1) is 14.1. The Morgan fingerprint density at radius 3 is 2.57 bits per heavy atom. The van der Waals surface area contributed by atoms with Crippen molar-refractivity contribution >= 4 is 16.8 Å². The van der Waals surface area contributed by atoms with E-state index in [9.17, 15) is 22.8 Å². The lowest BCUT2D eigenvalue weighted by atomic mass is 9.93. The first-order valence-electron chi connectivity index (χ1n) is 9.02. The summed E-state index contributed by atoms with van der Waals surface area (Å²) < 4.78 is 42.1. The number of carbonyl (C=O) groups is 1. The predicted molar refractivity (Wildman–Crippen MR) is 103 cm³/mol. The van der Waals surface area contributed by atoms with Crippen LogP contribution >= 0.6 is 0 Å². The normalized spacial score (nSPS) is 13.0. The van der Waals surface area contributed by atoms with Crippen molar-refractivity contribution in [3.63, 3.8) is 0 Å². The molecule has 0 aliphatic rings. The minimum Gasteiger partial charge on any atom is -0.347 e. The van der Waals surface area contributed by atoms with Crippen LogP contribution in [0.2, 0.25) is 0 Å². The molecule has 0 aliphatic heterocycles. The number of nitriles is 1. The fraction of sp³-hybridized carbons (Fsp3) is 0.238. The van der Waals surface area contributed by atoms with Gasteiger partial charge < -0.3 is 10.3 Å². The summed E-state index contributed by atoms with van der Waals surface area (Å²) in [5, 5.41) is 11.2. The first-order valence-corrected chi connectivity index (χ1v) is 9.02. The number of pyridine rings is 2. The maximum absolute atomic E-state index is 14.3. The quantitative estimate of drug-likeness (QED) is 0.683. The SMILES string of the molecule is Cc1c([C@H](C)C(=O)N[C@@H](C)c2ncc(C#N)cc2F)c(=O)[nH]c2ccc(F)c(F)c12. The van der Waals surface area contributed by atoms with Crippen LogP contribution in [0.15, 0.2) is 29.2 Å². The summed E-state index contributed by atoms with van der Waals surface area (Å²) in [4.78, 5) is 31.6. The molecule has 6 nitrogen and oxygen atoms in total. The van der Waals surface area contributed by atoms with Crippen molar-refractivity contribution in [1.29, 1.82) is 5.26 Å². The van der Waals surface area contributed by atoms with Crippen molar-refractivity contribution < 1.29 is 18.0 Å². The molecule has 0 spiro atoms. The second-order valence-corrected chi connectivity index (χ2v) is 6.93. The standard InChI is InChI=1S/C21H17F3N4O2/c1-9-16(21(30)28-15-5-4-13(22)18(24)17(9)15)10(2)20(29)27-11(3)19-14(23)6-12(7-25)8-26-19/h4-6,8,10-11H,1-3H3,(H,27,29)(H,28,30)/t10-,11-/m0/s1. The largest absolute Gasteiger partial charge is 0.347 e. The smallest absolute Gasteiger partial charge is 0.252 e. The van der Waals surface area contributed by atoms with Crippen molar-refractivity contribution in [3.05, 3.63) is 74.6 Å². The maximum atomic E-state index is 14.3. The van der Waals surface area contributed by atoms with E-state index in [1.165, 1.54) is 33.0 Å².